The topological polar surface area (TPSA) is 63.6 Å². The molecule has 0 amide bonds. The number of hydrogen-bond donors (Lipinski definition) is 1. The van der Waals surface area contributed by atoms with Gasteiger partial charge in [0.15, 0.2) is 0 Å². The Morgan fingerprint density at radius 3 is 2.11 bits per heavy atom. The van der Waals surface area contributed by atoms with Crippen molar-refractivity contribution in [2.45, 2.75) is 0 Å². The molecule has 10 aromatic rings. The summed E-state index contributed by atoms with van der Waals surface area (Å²) in [6.45, 7) is 0. The van der Waals surface area contributed by atoms with Gasteiger partial charge in [-0.1, -0.05) is 103 Å². The van der Waals surface area contributed by atoms with Crippen LogP contribution in [0.1, 0.15) is 0 Å². The van der Waals surface area contributed by atoms with E-state index in [1.54, 1.807) is 0 Å². The van der Waals surface area contributed by atoms with Crippen molar-refractivity contribution in [3.63, 3.8) is 0 Å². The molecule has 0 aliphatic carbocycles. The molecule has 5 heteroatoms. The van der Waals surface area contributed by atoms with Gasteiger partial charge >= 0.3 is 0 Å². The van der Waals surface area contributed by atoms with Crippen molar-refractivity contribution in [3.05, 3.63) is 150 Å². The van der Waals surface area contributed by atoms with Crippen molar-refractivity contribution in [2.75, 3.05) is 0 Å². The van der Waals surface area contributed by atoms with Crippen LogP contribution in [0, 0.1) is 0 Å². The predicted molar refractivity (Wildman–Crippen MR) is 190 cm³/mol. The molecule has 0 bridgehead atoms. The summed E-state index contributed by atoms with van der Waals surface area (Å²) in [6, 6.07) is 48.0. The lowest BCUT2D eigenvalue weighted by Gasteiger charge is -2.13. The summed E-state index contributed by atoms with van der Waals surface area (Å²) in [6.07, 6.45) is 0. The molecule has 1 N–H and O–H groups in total. The van der Waals surface area contributed by atoms with Gasteiger partial charge in [-0.05, 0) is 57.9 Å². The Labute approximate surface area is 262 Å². The highest BCUT2D eigenvalue weighted by Gasteiger charge is 2.19. The molecule has 3 aromatic heterocycles. The van der Waals surface area contributed by atoms with E-state index in [2.05, 4.69) is 101 Å². The van der Waals surface area contributed by atoms with E-state index in [9.17, 15) is 4.79 Å². The first-order chi connectivity index (χ1) is 22.7. The Kier molecular flexibility index (Phi) is 5.08. The fourth-order valence-corrected chi connectivity index (χ4v) is 7.20. The van der Waals surface area contributed by atoms with Crippen molar-refractivity contribution >= 4 is 75.9 Å². The number of aromatic amines is 1. The second-order valence-electron chi connectivity index (χ2n) is 11.9. The molecule has 7 aromatic carbocycles. The molecule has 214 valence electrons. The van der Waals surface area contributed by atoms with Crippen molar-refractivity contribution in [1.82, 2.24) is 19.5 Å². The highest BCUT2D eigenvalue weighted by atomic mass is 16.1. The number of benzene rings is 7. The van der Waals surface area contributed by atoms with Crippen molar-refractivity contribution in [3.8, 4) is 17.2 Å². The van der Waals surface area contributed by atoms with E-state index in [0.717, 1.165) is 76.4 Å². The molecule has 0 atom stereocenters. The molecular formula is C41H24N4O. The maximum Gasteiger partial charge on any atom is 0.256 e. The molecule has 0 spiro atoms. The molecule has 0 aliphatic rings. The van der Waals surface area contributed by atoms with Crippen LogP contribution in [0.4, 0.5) is 0 Å². The third-order valence-corrected chi connectivity index (χ3v) is 9.32. The molecule has 3 heterocycles. The smallest absolute Gasteiger partial charge is 0.256 e. The van der Waals surface area contributed by atoms with Crippen molar-refractivity contribution in [1.29, 1.82) is 0 Å². The van der Waals surface area contributed by atoms with Gasteiger partial charge in [0.1, 0.15) is 0 Å². The first kappa shape index (κ1) is 25.0. The lowest BCUT2D eigenvalue weighted by Crippen LogP contribution is -2.07. The summed E-state index contributed by atoms with van der Waals surface area (Å²) in [4.78, 5) is 27.1. The van der Waals surface area contributed by atoms with Gasteiger partial charge in [-0.3, -0.25) is 9.36 Å². The normalized spacial score (nSPS) is 12.0. The first-order valence-corrected chi connectivity index (χ1v) is 15.4. The number of hydrogen-bond acceptors (Lipinski definition) is 3. The largest absolute Gasteiger partial charge is 0.321 e. The minimum atomic E-state index is -0.101. The molecule has 0 saturated carbocycles. The van der Waals surface area contributed by atoms with E-state index in [1.807, 2.05) is 48.5 Å². The minimum Gasteiger partial charge on any atom is -0.321 e. The third-order valence-electron chi connectivity index (χ3n) is 9.32. The quantitative estimate of drug-likeness (QED) is 0.205. The molecular weight excluding hydrogens is 564 g/mol. The van der Waals surface area contributed by atoms with Crippen LogP contribution in [0.25, 0.3) is 93.1 Å². The first-order valence-electron chi connectivity index (χ1n) is 15.4. The van der Waals surface area contributed by atoms with E-state index in [4.69, 9.17) is 9.97 Å². The second kappa shape index (κ2) is 9.34. The van der Waals surface area contributed by atoms with Gasteiger partial charge in [-0.2, -0.15) is 0 Å². The van der Waals surface area contributed by atoms with Crippen LogP contribution < -0.4 is 5.56 Å². The molecule has 10 rings (SSSR count). The Morgan fingerprint density at radius 1 is 0.500 bits per heavy atom. The van der Waals surface area contributed by atoms with Crippen molar-refractivity contribution < 1.29 is 0 Å². The van der Waals surface area contributed by atoms with Crippen molar-refractivity contribution in [2.24, 2.45) is 0 Å². The number of rotatable bonds is 2. The zero-order valence-corrected chi connectivity index (χ0v) is 24.5. The average Bonchev–Trinajstić information content (AvgIpc) is 3.43. The van der Waals surface area contributed by atoms with Gasteiger partial charge in [-0.15, -0.1) is 0 Å². The highest BCUT2D eigenvalue weighted by molar-refractivity contribution is 6.23. The van der Waals surface area contributed by atoms with E-state index in [0.29, 0.717) is 11.3 Å². The number of para-hydroxylation sites is 2. The predicted octanol–water partition coefficient (Wildman–Crippen LogP) is 9.69. The van der Waals surface area contributed by atoms with Crippen LogP contribution in [0.3, 0.4) is 0 Å². The molecule has 5 nitrogen and oxygen atoms in total. The maximum atomic E-state index is 13.5. The molecule has 0 fully saturated rings. The van der Waals surface area contributed by atoms with E-state index >= 15 is 0 Å². The summed E-state index contributed by atoms with van der Waals surface area (Å²) in [5, 5.41) is 10.4. The molecule has 0 aliphatic heterocycles. The van der Waals surface area contributed by atoms with Gasteiger partial charge in [0.05, 0.1) is 27.8 Å². The summed E-state index contributed by atoms with van der Waals surface area (Å²) in [5.41, 5.74) is 5.40. The van der Waals surface area contributed by atoms with Crippen LogP contribution in [0.15, 0.2) is 144 Å². The summed E-state index contributed by atoms with van der Waals surface area (Å²) in [7, 11) is 0. The Morgan fingerprint density at radius 2 is 1.22 bits per heavy atom. The van der Waals surface area contributed by atoms with E-state index in [1.165, 1.54) is 5.39 Å². The van der Waals surface area contributed by atoms with Crippen LogP contribution in [0.2, 0.25) is 0 Å². The maximum absolute atomic E-state index is 13.5. The molecule has 46 heavy (non-hydrogen) atoms. The molecule has 0 radical (unpaired) electrons. The molecule has 0 saturated heterocycles. The number of aromatic nitrogens is 4. The van der Waals surface area contributed by atoms with Gasteiger partial charge in [-0.25, -0.2) is 9.97 Å². The summed E-state index contributed by atoms with van der Waals surface area (Å²) < 4.78 is 2.13. The lowest BCUT2D eigenvalue weighted by atomic mass is 9.98. The van der Waals surface area contributed by atoms with Crippen LogP contribution in [0.5, 0.6) is 0 Å². The van der Waals surface area contributed by atoms with Gasteiger partial charge in [0.2, 0.25) is 5.95 Å². The zero-order chi connectivity index (χ0) is 30.4. The Bertz CT molecular complexity index is 2950. The van der Waals surface area contributed by atoms with Gasteiger partial charge < -0.3 is 4.98 Å². The number of nitrogens with zero attached hydrogens (tertiary/aromatic N) is 3. The van der Waals surface area contributed by atoms with Crippen LogP contribution >= 0.6 is 0 Å². The van der Waals surface area contributed by atoms with Gasteiger partial charge in [0.25, 0.3) is 5.56 Å². The average molecular weight is 589 g/mol. The Hall–Kier alpha value is -6.33. The number of H-pyrrole nitrogens is 1. The number of nitrogens with one attached hydrogen (secondary N) is 1. The minimum absolute atomic E-state index is 0.101. The van der Waals surface area contributed by atoms with Crippen LogP contribution in [-0.2, 0) is 0 Å². The van der Waals surface area contributed by atoms with Gasteiger partial charge in [0, 0.05) is 37.9 Å². The zero-order valence-electron chi connectivity index (χ0n) is 24.5. The monoisotopic (exact) mass is 588 g/mol. The number of pyridine rings is 1. The SMILES string of the molecule is O=c1[nH]c2cc3c(cc2c2c1ccc1ccccc12)c1ccccc1n3-c1nc(-c2ccc3ccccc3c2)c2ccccc2n1. The summed E-state index contributed by atoms with van der Waals surface area (Å²) >= 11 is 0. The van der Waals surface area contributed by atoms with E-state index in [-0.39, 0.29) is 5.56 Å². The lowest BCUT2D eigenvalue weighted by molar-refractivity contribution is 1.01. The third kappa shape index (κ3) is 3.54. The summed E-state index contributed by atoms with van der Waals surface area (Å²) in [5.74, 6) is 0.584. The standard InChI is InChI=1S/C41H24N4O/c46-40-31-20-19-25-10-3-4-12-28(25)38(31)33-22-32-29-13-6-8-16-36(29)45(37(32)23-35(33)42-40)41-43-34-15-7-5-14-30(34)39(44-41)27-18-17-24-9-1-2-11-26(24)21-27/h1-23H,(H,42,46). The fraction of sp³-hybridized carbons (Fsp3) is 0. The highest BCUT2D eigenvalue weighted by Crippen LogP contribution is 2.38. The molecule has 0 unspecified atom stereocenters. The second-order valence-corrected chi connectivity index (χ2v) is 11.9. The Balaban J connectivity index is 1.32. The number of fused-ring (bicyclic) bond motifs is 10. The van der Waals surface area contributed by atoms with E-state index < -0.39 is 0 Å². The fourth-order valence-electron chi connectivity index (χ4n) is 7.20. The van der Waals surface area contributed by atoms with Crippen LogP contribution in [-0.4, -0.2) is 19.5 Å².